The molecule has 2 heterocycles. The number of nitrogens with two attached hydrogens (primary N) is 1. The Morgan fingerprint density at radius 2 is 1.62 bits per heavy atom. The van der Waals surface area contributed by atoms with Crippen molar-refractivity contribution in [1.82, 2.24) is 14.9 Å². The number of sulfone groups is 1. The van der Waals surface area contributed by atoms with E-state index in [0.29, 0.717) is 17.0 Å². The van der Waals surface area contributed by atoms with E-state index in [2.05, 4.69) is 50.5 Å². The van der Waals surface area contributed by atoms with Gasteiger partial charge in [-0.1, -0.05) is 80.0 Å². The van der Waals surface area contributed by atoms with Crippen LogP contribution in [0.15, 0.2) is 118 Å². The molecule has 5 aromatic rings. The molecular weight excluding hydrogens is 903 g/mol. The minimum atomic E-state index is -6.07. The summed E-state index contributed by atoms with van der Waals surface area (Å²) < 4.78 is 99.9. The number of aromatic nitrogens is 2. The number of nitrogens with one attached hydrogen (secondary N) is 1. The number of benzene rings is 4. The van der Waals surface area contributed by atoms with E-state index < -0.39 is 40.0 Å². The van der Waals surface area contributed by atoms with Crippen molar-refractivity contribution in [2.75, 3.05) is 60.8 Å². The van der Waals surface area contributed by atoms with Gasteiger partial charge in [0.25, 0.3) is 19.9 Å². The van der Waals surface area contributed by atoms with Gasteiger partial charge < -0.3 is 15.5 Å². The van der Waals surface area contributed by atoms with E-state index >= 15 is 0 Å². The molecule has 1 fully saturated rings. The van der Waals surface area contributed by atoms with Crippen molar-refractivity contribution < 1.29 is 30.0 Å². The average Bonchev–Trinajstić information content (AvgIpc) is 3.26. The number of rotatable bonds is 14. The number of hydrogen-bond donors (Lipinski definition) is 2. The van der Waals surface area contributed by atoms with Crippen LogP contribution in [0.2, 0.25) is 5.02 Å². The topological polar surface area (TPSA) is 142 Å². The Morgan fingerprint density at radius 3 is 2.28 bits per heavy atom. The summed E-state index contributed by atoms with van der Waals surface area (Å²) in [5.74, 6) is -0.497. The SMILES string of the molecule is CC(CN)[C@@](C)(Sc1ccccc1)N(C)c1ccc(S(=O)(=O)Nc2ncnc3cc(N4CCN(CC5=C(c6ccc(Cl)cc6)CCC(C)(C)C5)CC4)ccc23)cc1S(=O)(=O)C(F)(F)F. The third-order valence-electron chi connectivity index (χ3n) is 12.6. The van der Waals surface area contributed by atoms with E-state index in [9.17, 15) is 30.0 Å². The molecule has 1 aromatic heterocycles. The van der Waals surface area contributed by atoms with Crippen molar-refractivity contribution in [2.45, 2.75) is 72.0 Å². The first kappa shape index (κ1) is 47.6. The smallest absolute Gasteiger partial charge is 0.369 e. The number of hydrogen-bond acceptors (Lipinski definition) is 11. The summed E-state index contributed by atoms with van der Waals surface area (Å²) in [7, 11) is -9.30. The molecule has 11 nitrogen and oxygen atoms in total. The van der Waals surface area contributed by atoms with E-state index in [1.807, 2.05) is 42.5 Å². The van der Waals surface area contributed by atoms with Gasteiger partial charge in [0.2, 0.25) is 0 Å². The first-order chi connectivity index (χ1) is 30.1. The summed E-state index contributed by atoms with van der Waals surface area (Å²) in [6, 6.07) is 25.3. The molecule has 2 atom stereocenters. The highest BCUT2D eigenvalue weighted by atomic mass is 35.5. The van der Waals surface area contributed by atoms with Gasteiger partial charge in [-0.05, 0) is 110 Å². The summed E-state index contributed by atoms with van der Waals surface area (Å²) in [5, 5.41) is 1.07. The summed E-state index contributed by atoms with van der Waals surface area (Å²) in [5.41, 5.74) is 5.65. The number of fused-ring (bicyclic) bond motifs is 1. The van der Waals surface area contributed by atoms with E-state index in [-0.39, 0.29) is 29.4 Å². The molecule has 1 aliphatic carbocycles. The lowest BCUT2D eigenvalue weighted by atomic mass is 9.73. The maximum absolute atomic E-state index is 14.3. The second-order valence-corrected chi connectivity index (χ2v) is 23.0. The molecule has 1 saturated heterocycles. The molecule has 0 saturated carbocycles. The zero-order valence-electron chi connectivity index (χ0n) is 36.4. The van der Waals surface area contributed by atoms with Crippen molar-refractivity contribution in [3.8, 4) is 0 Å². The standard InChI is InChI=1S/C46H53ClF3N7O4S3/c1-31(28-51)45(4,62-36-9-7-6-8-10-36)55(5)41-18-16-37(26-42(41)63(58,59)46(48,49)50)64(60,61)54-43-39-17-15-35(25-40(39)52-30-53-43)57-23-21-56(22-24-57)29-33-27-44(2,3)20-19-38(33)32-11-13-34(47)14-12-32/h6-18,25-26,30-31H,19-24,27-29,51H2,1-5H3,(H,52,53,54)/t31?,45-/m1/s1. The lowest BCUT2D eigenvalue weighted by Crippen LogP contribution is -2.49. The van der Waals surface area contributed by atoms with Gasteiger partial charge in [-0.2, -0.15) is 13.2 Å². The quantitative estimate of drug-likeness (QED) is 0.0812. The third-order valence-corrected chi connectivity index (χ3v) is 17.3. The lowest BCUT2D eigenvalue weighted by Gasteiger charge is -2.44. The Labute approximate surface area is 383 Å². The molecule has 2 aliphatic rings. The van der Waals surface area contributed by atoms with Crippen LogP contribution in [0.25, 0.3) is 16.5 Å². The summed E-state index contributed by atoms with van der Waals surface area (Å²) in [6.07, 6.45) is 4.37. The van der Waals surface area contributed by atoms with Gasteiger partial charge in [0.05, 0.1) is 21.0 Å². The first-order valence-electron chi connectivity index (χ1n) is 21.0. The van der Waals surface area contributed by atoms with Crippen LogP contribution in [0.4, 0.5) is 30.4 Å². The highest BCUT2D eigenvalue weighted by Gasteiger charge is 2.50. The molecule has 7 rings (SSSR count). The van der Waals surface area contributed by atoms with Crippen LogP contribution in [0.5, 0.6) is 0 Å². The highest BCUT2D eigenvalue weighted by Crippen LogP contribution is 2.47. The number of alkyl halides is 3. The van der Waals surface area contributed by atoms with Crippen LogP contribution < -0.4 is 20.3 Å². The number of halogens is 4. The first-order valence-corrected chi connectivity index (χ1v) is 25.1. The second kappa shape index (κ2) is 18.5. The minimum Gasteiger partial charge on any atom is -0.369 e. The molecule has 18 heteroatoms. The highest BCUT2D eigenvalue weighted by molar-refractivity contribution is 8.00. The van der Waals surface area contributed by atoms with Crippen LogP contribution in [-0.4, -0.2) is 88.4 Å². The summed E-state index contributed by atoms with van der Waals surface area (Å²) >= 11 is 7.50. The van der Waals surface area contributed by atoms with Crippen LogP contribution in [-0.2, 0) is 19.9 Å². The predicted octanol–water partition coefficient (Wildman–Crippen LogP) is 9.70. The van der Waals surface area contributed by atoms with Gasteiger partial charge in [-0.3, -0.25) is 9.62 Å². The number of thioether (sulfide) groups is 1. The zero-order chi connectivity index (χ0) is 46.2. The lowest BCUT2D eigenvalue weighted by molar-refractivity contribution is -0.0436. The maximum Gasteiger partial charge on any atom is 0.501 e. The van der Waals surface area contributed by atoms with Crippen molar-refractivity contribution in [2.24, 2.45) is 17.1 Å². The second-order valence-electron chi connectivity index (χ2n) is 17.5. The van der Waals surface area contributed by atoms with Crippen molar-refractivity contribution in [3.05, 3.63) is 113 Å². The van der Waals surface area contributed by atoms with Gasteiger partial charge in [0.15, 0.2) is 5.82 Å². The van der Waals surface area contributed by atoms with Crippen LogP contribution in [0.3, 0.4) is 0 Å². The molecule has 1 unspecified atom stereocenters. The molecule has 64 heavy (non-hydrogen) atoms. The van der Waals surface area contributed by atoms with Crippen LogP contribution in [0.1, 0.15) is 52.5 Å². The van der Waals surface area contributed by atoms with Crippen LogP contribution in [0, 0.1) is 11.3 Å². The zero-order valence-corrected chi connectivity index (χ0v) is 39.6. The molecular formula is C46H53ClF3N7O4S3. The molecule has 3 N–H and O–H groups in total. The number of anilines is 3. The van der Waals surface area contributed by atoms with E-state index in [0.717, 1.165) is 79.7 Å². The molecule has 0 spiro atoms. The van der Waals surface area contributed by atoms with Gasteiger partial charge in [-0.15, -0.1) is 0 Å². The Morgan fingerprint density at radius 1 is 0.938 bits per heavy atom. The average molecular weight is 957 g/mol. The van der Waals surface area contributed by atoms with Gasteiger partial charge in [-0.25, -0.2) is 26.8 Å². The predicted molar refractivity (Wildman–Crippen MR) is 252 cm³/mol. The Bertz CT molecular complexity index is 2750. The Kier molecular flexibility index (Phi) is 13.7. The van der Waals surface area contributed by atoms with Gasteiger partial charge in [0, 0.05) is 66.7 Å². The van der Waals surface area contributed by atoms with Crippen molar-refractivity contribution >= 4 is 76.9 Å². The molecule has 0 bridgehead atoms. The summed E-state index contributed by atoms with van der Waals surface area (Å²) in [4.78, 5) is 12.5. The molecule has 4 aromatic carbocycles. The van der Waals surface area contributed by atoms with Gasteiger partial charge >= 0.3 is 5.51 Å². The van der Waals surface area contributed by atoms with E-state index in [4.69, 9.17) is 17.3 Å². The maximum atomic E-state index is 14.3. The van der Waals surface area contributed by atoms with Crippen molar-refractivity contribution in [1.29, 1.82) is 0 Å². The van der Waals surface area contributed by atoms with E-state index in [1.54, 1.807) is 32.0 Å². The largest absolute Gasteiger partial charge is 0.501 e. The van der Waals surface area contributed by atoms with Gasteiger partial charge in [0.1, 0.15) is 11.2 Å². The molecule has 1 aliphatic heterocycles. The Balaban J connectivity index is 1.12. The minimum absolute atomic E-state index is 0.119. The number of piperazine rings is 1. The third kappa shape index (κ3) is 10.0. The molecule has 0 radical (unpaired) electrons. The fourth-order valence-electron chi connectivity index (χ4n) is 8.47. The summed E-state index contributed by atoms with van der Waals surface area (Å²) in [6.45, 7) is 12.4. The monoisotopic (exact) mass is 955 g/mol. The fourth-order valence-corrected chi connectivity index (χ4v) is 12.0. The fraction of sp³-hybridized carbons (Fsp3) is 0.391. The van der Waals surface area contributed by atoms with E-state index in [1.165, 1.54) is 46.7 Å². The molecule has 0 amide bonds. The normalized spacial score (nSPS) is 17.9. The number of allylic oxidation sites excluding steroid dienone is 1. The van der Waals surface area contributed by atoms with Crippen molar-refractivity contribution in [3.63, 3.8) is 0 Å². The van der Waals surface area contributed by atoms with Crippen LogP contribution >= 0.6 is 23.4 Å². The molecule has 342 valence electrons. The Hall–Kier alpha value is -4.39. The number of nitrogens with zero attached hydrogens (tertiary/aromatic N) is 5. The number of sulfonamides is 1.